The average molecular weight is 953 g/mol. The van der Waals surface area contributed by atoms with Crippen LogP contribution in [0.4, 0.5) is 8.78 Å². The van der Waals surface area contributed by atoms with E-state index in [1.165, 1.54) is 0 Å². The van der Waals surface area contributed by atoms with Crippen LogP contribution < -0.4 is 42.5 Å². The van der Waals surface area contributed by atoms with Gasteiger partial charge in [0.25, 0.3) is 0 Å². The van der Waals surface area contributed by atoms with Gasteiger partial charge in [0.15, 0.2) is 34.7 Å². The third-order valence-corrected chi connectivity index (χ3v) is 11.2. The summed E-state index contributed by atoms with van der Waals surface area (Å²) in [6, 6.07) is 15.3. The molecule has 0 spiro atoms. The van der Waals surface area contributed by atoms with Gasteiger partial charge in [-0.3, -0.25) is 38.4 Å². The van der Waals surface area contributed by atoms with Crippen LogP contribution in [0, 0.1) is 11.8 Å². The van der Waals surface area contributed by atoms with Gasteiger partial charge in [0.2, 0.25) is 0 Å². The summed E-state index contributed by atoms with van der Waals surface area (Å²) in [7, 11) is 0. The standard InChI is InChI=1S/C50H74F2N8O8/c1-33(2)15-43-49(67)31-59-45(17-35-11-7-5-8-12-35)47(65)29-55-23-40(62)20-38(52)22-54-26-42(64)28-58-44(16-34(3)4)50(68)32-60-46(18-36-13-9-6-10-14-36)48(66)30-56-24-39(61)19-37(51)21-53-25-41(63)27-57-43/h5-14,33-34,37-38,43-46,53-60H,15-32H2,1-4H3/t37?,38?,43-,44-,45-,46-/m0/s1. The number of halogens is 2. The molecule has 1 saturated heterocycles. The van der Waals surface area contributed by atoms with E-state index in [0.29, 0.717) is 12.8 Å². The minimum atomic E-state index is -1.61. The lowest BCUT2D eigenvalue weighted by atomic mass is 9.98. The predicted octanol–water partition coefficient (Wildman–Crippen LogP) is 0.778. The molecule has 68 heavy (non-hydrogen) atoms. The van der Waals surface area contributed by atoms with Crippen LogP contribution in [-0.4, -0.2) is 161 Å². The summed E-state index contributed by atoms with van der Waals surface area (Å²) in [5.74, 6) is -2.68. The quantitative estimate of drug-likeness (QED) is 0.183. The van der Waals surface area contributed by atoms with Crippen LogP contribution in [0.15, 0.2) is 60.7 Å². The SMILES string of the molecule is CC(C)C[C@@H]1NCC(=O)CNCC(F)CC(=O)CNCC(=O)[C@H](Cc2ccccc2)NCC(=O)[C@H](CC(C)C)NCC(=O)CNCC(F)CC(=O)CNCC(=O)[C@H](Cc2ccccc2)NCC1=O. The predicted molar refractivity (Wildman–Crippen MR) is 257 cm³/mol. The van der Waals surface area contributed by atoms with Crippen molar-refractivity contribution in [2.75, 3.05) is 78.5 Å². The summed E-state index contributed by atoms with van der Waals surface area (Å²) < 4.78 is 29.8. The number of ketones is 8. The summed E-state index contributed by atoms with van der Waals surface area (Å²) in [6.07, 6.45) is -2.84. The van der Waals surface area contributed by atoms with Gasteiger partial charge >= 0.3 is 0 Å². The highest BCUT2D eigenvalue weighted by Gasteiger charge is 2.27. The monoisotopic (exact) mass is 953 g/mol. The second-order valence-corrected chi connectivity index (χ2v) is 18.5. The minimum absolute atomic E-state index is 0.0747. The molecule has 2 aromatic carbocycles. The first-order valence-electron chi connectivity index (χ1n) is 23.8. The lowest BCUT2D eigenvalue weighted by Crippen LogP contribution is -2.50. The summed E-state index contributed by atoms with van der Waals surface area (Å²) in [5, 5.41) is 23.2. The van der Waals surface area contributed by atoms with Crippen molar-refractivity contribution in [1.82, 2.24) is 42.5 Å². The molecule has 376 valence electrons. The van der Waals surface area contributed by atoms with E-state index in [-0.39, 0.29) is 138 Å². The van der Waals surface area contributed by atoms with Gasteiger partial charge in [-0.2, -0.15) is 0 Å². The number of hydrogen-bond acceptors (Lipinski definition) is 16. The molecule has 1 aliphatic rings. The number of carbonyl (C=O) groups excluding carboxylic acids is 8. The van der Waals surface area contributed by atoms with Crippen LogP contribution >= 0.6 is 0 Å². The molecule has 0 aliphatic carbocycles. The van der Waals surface area contributed by atoms with Crippen LogP contribution in [0.25, 0.3) is 0 Å². The van der Waals surface area contributed by atoms with Crippen LogP contribution in [0.1, 0.15) is 64.5 Å². The van der Waals surface area contributed by atoms with E-state index < -0.39 is 60.9 Å². The van der Waals surface area contributed by atoms with Gasteiger partial charge in [-0.15, -0.1) is 0 Å². The van der Waals surface area contributed by atoms with E-state index in [9.17, 15) is 47.1 Å². The largest absolute Gasteiger partial charge is 0.307 e. The van der Waals surface area contributed by atoms with Crippen molar-refractivity contribution in [3.63, 3.8) is 0 Å². The van der Waals surface area contributed by atoms with E-state index in [0.717, 1.165) is 11.1 Å². The molecule has 6 atom stereocenters. The Hall–Kier alpha value is -4.66. The highest BCUT2D eigenvalue weighted by atomic mass is 19.1. The molecule has 1 heterocycles. The first kappa shape index (κ1) is 57.7. The molecular weight excluding hydrogens is 879 g/mol. The fourth-order valence-corrected chi connectivity index (χ4v) is 7.61. The average Bonchev–Trinajstić information content (AvgIpc) is 3.29. The normalized spacial score (nSPS) is 25.2. The highest BCUT2D eigenvalue weighted by Crippen LogP contribution is 2.10. The highest BCUT2D eigenvalue weighted by molar-refractivity contribution is 5.92. The van der Waals surface area contributed by atoms with Crippen molar-refractivity contribution in [2.45, 2.75) is 103 Å². The molecule has 0 radical (unpaired) electrons. The van der Waals surface area contributed by atoms with Gasteiger partial charge in [-0.05, 0) is 48.6 Å². The first-order valence-corrected chi connectivity index (χ1v) is 23.8. The summed E-state index contributed by atoms with van der Waals surface area (Å²) >= 11 is 0. The Morgan fingerprint density at radius 3 is 1.09 bits per heavy atom. The topological polar surface area (TPSA) is 233 Å². The van der Waals surface area contributed by atoms with Gasteiger partial charge < -0.3 is 42.5 Å². The van der Waals surface area contributed by atoms with Gasteiger partial charge in [-0.1, -0.05) is 88.4 Å². The molecule has 16 nitrogen and oxygen atoms in total. The van der Waals surface area contributed by atoms with E-state index in [4.69, 9.17) is 0 Å². The molecule has 0 saturated carbocycles. The third kappa shape index (κ3) is 24.6. The molecule has 0 bridgehead atoms. The van der Waals surface area contributed by atoms with Crippen LogP contribution in [0.5, 0.6) is 0 Å². The zero-order valence-electron chi connectivity index (χ0n) is 40.1. The van der Waals surface area contributed by atoms with Gasteiger partial charge in [0.05, 0.1) is 89.6 Å². The second kappa shape index (κ2) is 32.2. The zero-order chi connectivity index (χ0) is 49.8. The smallest absolute Gasteiger partial charge is 0.163 e. The maximum atomic E-state index is 14.9. The maximum absolute atomic E-state index is 14.9. The third-order valence-electron chi connectivity index (χ3n) is 11.2. The molecule has 1 fully saturated rings. The summed E-state index contributed by atoms with van der Waals surface area (Å²) in [4.78, 5) is 105. The van der Waals surface area contributed by atoms with Crippen molar-refractivity contribution in [3.8, 4) is 0 Å². The van der Waals surface area contributed by atoms with Crippen molar-refractivity contribution >= 4 is 46.3 Å². The molecular formula is C50H74F2N8O8. The van der Waals surface area contributed by atoms with Crippen molar-refractivity contribution in [2.24, 2.45) is 11.8 Å². The van der Waals surface area contributed by atoms with E-state index in [2.05, 4.69) is 42.5 Å². The molecule has 0 aromatic heterocycles. The van der Waals surface area contributed by atoms with Gasteiger partial charge in [0, 0.05) is 25.9 Å². The molecule has 8 N–H and O–H groups in total. The van der Waals surface area contributed by atoms with Crippen LogP contribution in [0.3, 0.4) is 0 Å². The Labute approximate surface area is 399 Å². The van der Waals surface area contributed by atoms with E-state index >= 15 is 0 Å². The number of Topliss-reactive ketones (excluding diaryl/α,β-unsaturated/α-hetero) is 8. The molecule has 18 heteroatoms. The van der Waals surface area contributed by atoms with Crippen molar-refractivity contribution in [1.29, 1.82) is 0 Å². The lowest BCUT2D eigenvalue weighted by Gasteiger charge is -2.22. The van der Waals surface area contributed by atoms with E-state index in [1.807, 2.05) is 88.4 Å². The number of nitrogens with one attached hydrogen (secondary N) is 8. The maximum Gasteiger partial charge on any atom is 0.163 e. The minimum Gasteiger partial charge on any atom is -0.307 e. The molecule has 3 rings (SSSR count). The first-order chi connectivity index (χ1) is 32.5. The Morgan fingerprint density at radius 2 is 0.735 bits per heavy atom. The zero-order valence-corrected chi connectivity index (χ0v) is 40.1. The Kier molecular flexibility index (Phi) is 27.3. The Balaban J connectivity index is 1.71. The molecule has 2 aromatic rings. The summed E-state index contributed by atoms with van der Waals surface area (Å²) in [5.41, 5.74) is 1.67. The summed E-state index contributed by atoms with van der Waals surface area (Å²) in [6.45, 7) is 4.93. The number of alkyl halides is 2. The second-order valence-electron chi connectivity index (χ2n) is 18.5. The van der Waals surface area contributed by atoms with Gasteiger partial charge in [0.1, 0.15) is 23.9 Å². The fraction of sp³-hybridized carbons (Fsp3) is 0.600. The Morgan fingerprint density at radius 1 is 0.412 bits per heavy atom. The fourth-order valence-electron chi connectivity index (χ4n) is 7.61. The van der Waals surface area contributed by atoms with E-state index in [1.54, 1.807) is 0 Å². The lowest BCUT2D eigenvalue weighted by molar-refractivity contribution is -0.124. The molecule has 2 unspecified atom stereocenters. The number of hydrogen-bond donors (Lipinski definition) is 8. The molecule has 1 aliphatic heterocycles. The van der Waals surface area contributed by atoms with Crippen LogP contribution in [-0.2, 0) is 51.2 Å². The number of rotatable bonds is 8. The molecule has 0 amide bonds. The number of benzene rings is 2. The van der Waals surface area contributed by atoms with Crippen molar-refractivity contribution < 1.29 is 47.1 Å². The number of carbonyl (C=O) groups is 8. The van der Waals surface area contributed by atoms with Crippen molar-refractivity contribution in [3.05, 3.63) is 71.8 Å². The van der Waals surface area contributed by atoms with Gasteiger partial charge in [-0.25, -0.2) is 8.78 Å². The van der Waals surface area contributed by atoms with Crippen LogP contribution in [0.2, 0.25) is 0 Å². The Bertz CT molecular complexity index is 1770.